The third-order valence-electron chi connectivity index (χ3n) is 11.2. The largest absolute Gasteiger partial charge is 0.478 e. The number of rotatable bonds is 15. The smallest absolute Gasteiger partial charge is 0.434 e. The number of pyridine rings is 2. The van der Waals surface area contributed by atoms with Crippen LogP contribution in [0.15, 0.2) is 91.0 Å². The van der Waals surface area contributed by atoms with Crippen LogP contribution in [0.3, 0.4) is 0 Å². The average Bonchev–Trinajstić information content (AvgIpc) is 3.25. The molecule has 0 aliphatic rings. The molecule has 0 unspecified atom stereocenters. The first-order valence-corrected chi connectivity index (χ1v) is 21.9. The van der Waals surface area contributed by atoms with Gasteiger partial charge < -0.3 is 19.3 Å². The van der Waals surface area contributed by atoms with Crippen molar-refractivity contribution >= 4 is 57.5 Å². The highest BCUT2D eigenvalue weighted by Gasteiger charge is 2.40. The Morgan fingerprint density at radius 2 is 1.00 bits per heavy atom. The third kappa shape index (κ3) is 11.9. The van der Waals surface area contributed by atoms with Crippen molar-refractivity contribution in [1.82, 2.24) is 9.97 Å². The van der Waals surface area contributed by atoms with Gasteiger partial charge in [-0.1, -0.05) is 42.5 Å². The number of fused-ring (bicyclic) bond motifs is 2. The number of ketones is 2. The topological polar surface area (TPSA) is 142 Å². The van der Waals surface area contributed by atoms with E-state index in [1.54, 1.807) is 90.1 Å². The molecule has 0 spiro atoms. The molecule has 70 heavy (non-hydrogen) atoms. The Morgan fingerprint density at radius 1 is 0.571 bits per heavy atom. The molecular weight excluding hydrogens is 919 g/mol. The Hall–Kier alpha value is -7.36. The lowest BCUT2D eigenvalue weighted by Crippen LogP contribution is -2.45. The van der Waals surface area contributed by atoms with Crippen LogP contribution in [-0.2, 0) is 33.1 Å². The molecule has 0 atom stereocenters. The minimum Gasteiger partial charge on any atom is -0.478 e. The summed E-state index contributed by atoms with van der Waals surface area (Å²) in [7, 11) is 0. The number of carboxylic acid groups (broad SMARTS) is 1. The molecule has 10 nitrogen and oxygen atoms in total. The standard InChI is InChI=1S/C54H50F6N2O8/c1-29-21-33(22-30(2)44(29)68-51(7,8)48(65)66)17-20-43(64)39-27-37-18-15-35(25-41(37)62-47(39)54(58,59)60)28-50(5,6)70-49(67)52(9,10)69-45-31(3)23-34(24-32(45)4)16-19-42(63)38-26-36-13-11-12-14-40(36)61-46(38)53(55,56)57/h11-27H,28H2,1-10H3,(H,65,66)/b19-16+,20-17+. The molecule has 0 saturated carbocycles. The van der Waals surface area contributed by atoms with E-state index >= 15 is 0 Å². The summed E-state index contributed by atoms with van der Waals surface area (Å²) < 4.78 is 103. The molecule has 2 heterocycles. The Balaban J connectivity index is 1.15. The van der Waals surface area contributed by atoms with E-state index in [4.69, 9.17) is 14.2 Å². The van der Waals surface area contributed by atoms with Crippen LogP contribution in [0.5, 0.6) is 11.5 Å². The van der Waals surface area contributed by atoms with Crippen LogP contribution in [0.2, 0.25) is 0 Å². The van der Waals surface area contributed by atoms with Crippen LogP contribution in [0, 0.1) is 27.7 Å². The van der Waals surface area contributed by atoms with E-state index in [2.05, 4.69) is 9.97 Å². The fraction of sp³-hybridized carbons (Fsp3) is 0.296. The van der Waals surface area contributed by atoms with Gasteiger partial charge in [0, 0.05) is 17.2 Å². The van der Waals surface area contributed by atoms with Crippen molar-refractivity contribution in [3.05, 3.63) is 152 Å². The highest BCUT2D eigenvalue weighted by Crippen LogP contribution is 2.37. The van der Waals surface area contributed by atoms with E-state index in [-0.39, 0.29) is 22.8 Å². The fourth-order valence-electron chi connectivity index (χ4n) is 7.75. The molecule has 0 saturated heterocycles. The molecule has 0 radical (unpaired) electrons. The lowest BCUT2D eigenvalue weighted by Gasteiger charge is -2.32. The number of aromatic nitrogens is 2. The number of carbonyl (C=O) groups is 4. The summed E-state index contributed by atoms with van der Waals surface area (Å²) in [6.07, 6.45) is -5.04. The quantitative estimate of drug-likeness (QED) is 0.0457. The zero-order chi connectivity index (χ0) is 51.9. The molecular formula is C54H50F6N2O8. The van der Waals surface area contributed by atoms with E-state index in [1.807, 2.05) is 0 Å². The second-order valence-corrected chi connectivity index (χ2v) is 18.7. The molecule has 0 aliphatic carbocycles. The summed E-state index contributed by atoms with van der Waals surface area (Å²) >= 11 is 0. The zero-order valence-electron chi connectivity index (χ0n) is 40.0. The third-order valence-corrected chi connectivity index (χ3v) is 11.2. The normalized spacial score (nSPS) is 12.8. The molecule has 4 aromatic carbocycles. The molecule has 0 fully saturated rings. The number of hydrogen-bond donors (Lipinski definition) is 1. The maximum atomic E-state index is 14.5. The summed E-state index contributed by atoms with van der Waals surface area (Å²) in [5, 5.41) is 10.1. The number of allylic oxidation sites excluding steroid dienone is 2. The van der Waals surface area contributed by atoms with Gasteiger partial charge in [0.1, 0.15) is 17.1 Å². The monoisotopic (exact) mass is 968 g/mol. The summed E-state index contributed by atoms with van der Waals surface area (Å²) in [6, 6.07) is 19.6. The fourth-order valence-corrected chi connectivity index (χ4v) is 7.75. The molecule has 0 aliphatic heterocycles. The molecule has 16 heteroatoms. The predicted molar refractivity (Wildman–Crippen MR) is 253 cm³/mol. The van der Waals surface area contributed by atoms with Crippen molar-refractivity contribution < 1.29 is 64.8 Å². The van der Waals surface area contributed by atoms with Gasteiger partial charge in [-0.15, -0.1) is 0 Å². The number of carbonyl (C=O) groups excluding carboxylic acids is 3. The summed E-state index contributed by atoms with van der Waals surface area (Å²) in [5.41, 5.74) is -4.56. The molecule has 0 bridgehead atoms. The van der Waals surface area contributed by atoms with Crippen LogP contribution < -0.4 is 9.47 Å². The SMILES string of the molecule is Cc1cc(/C=C/C(=O)c2cc3ccc(CC(C)(C)OC(=O)C(C)(C)Oc4c(C)cc(/C=C/C(=O)c5cc6ccccc6nc5C(F)(F)F)cc4C)cc3nc2C(F)(F)F)cc(C)c1OC(C)(C)C(=O)O. The van der Waals surface area contributed by atoms with Gasteiger partial charge >= 0.3 is 24.3 Å². The number of nitrogens with zero attached hydrogens (tertiary/aromatic N) is 2. The lowest BCUT2D eigenvalue weighted by atomic mass is 9.96. The second kappa shape index (κ2) is 19.2. The van der Waals surface area contributed by atoms with Crippen molar-refractivity contribution in [3.63, 3.8) is 0 Å². The first kappa shape index (κ1) is 52.0. The van der Waals surface area contributed by atoms with Crippen LogP contribution >= 0.6 is 0 Å². The molecule has 0 amide bonds. The van der Waals surface area contributed by atoms with Gasteiger partial charge in [0.15, 0.2) is 34.2 Å². The number of halogens is 6. The van der Waals surface area contributed by atoms with Gasteiger partial charge in [-0.2, -0.15) is 26.3 Å². The maximum absolute atomic E-state index is 14.5. The minimum absolute atomic E-state index is 0.0468. The van der Waals surface area contributed by atoms with Gasteiger partial charge in [0.05, 0.1) is 22.2 Å². The molecule has 6 aromatic rings. The Kier molecular flexibility index (Phi) is 14.3. The van der Waals surface area contributed by atoms with Crippen LogP contribution in [0.1, 0.15) is 113 Å². The summed E-state index contributed by atoms with van der Waals surface area (Å²) in [4.78, 5) is 59.4. The molecule has 2 aromatic heterocycles. The predicted octanol–water partition coefficient (Wildman–Crippen LogP) is 12.8. The van der Waals surface area contributed by atoms with Crippen molar-refractivity contribution in [2.75, 3.05) is 0 Å². The molecule has 366 valence electrons. The van der Waals surface area contributed by atoms with Gasteiger partial charge in [-0.25, -0.2) is 19.6 Å². The number of hydrogen-bond acceptors (Lipinski definition) is 9. The van der Waals surface area contributed by atoms with Crippen LogP contribution in [-0.4, -0.2) is 55.4 Å². The van der Waals surface area contributed by atoms with Gasteiger partial charge in [-0.05, 0) is 169 Å². The molecule has 1 N–H and O–H groups in total. The first-order chi connectivity index (χ1) is 32.3. The lowest BCUT2D eigenvalue weighted by molar-refractivity contribution is -0.172. The summed E-state index contributed by atoms with van der Waals surface area (Å²) in [6.45, 7) is 15.8. The number of para-hydroxylation sites is 1. The number of benzene rings is 4. The first-order valence-electron chi connectivity index (χ1n) is 21.9. The maximum Gasteiger partial charge on any atom is 0.434 e. The van der Waals surface area contributed by atoms with Gasteiger partial charge in [-0.3, -0.25) is 9.59 Å². The highest BCUT2D eigenvalue weighted by molar-refractivity contribution is 6.10. The second-order valence-electron chi connectivity index (χ2n) is 18.7. The number of alkyl halides is 6. The zero-order valence-corrected chi connectivity index (χ0v) is 40.0. The number of ether oxygens (including phenoxy) is 3. The van der Waals surface area contributed by atoms with E-state index in [0.717, 1.165) is 24.3 Å². The van der Waals surface area contributed by atoms with Crippen molar-refractivity contribution in [1.29, 1.82) is 0 Å². The minimum atomic E-state index is -5.00. The van der Waals surface area contributed by atoms with Crippen LogP contribution in [0.4, 0.5) is 26.3 Å². The average molecular weight is 969 g/mol. The highest BCUT2D eigenvalue weighted by atomic mass is 19.4. The van der Waals surface area contributed by atoms with Crippen molar-refractivity contribution in [2.45, 2.75) is 105 Å². The number of aryl methyl sites for hydroxylation is 4. The Labute approximate surface area is 400 Å². The van der Waals surface area contributed by atoms with Crippen molar-refractivity contribution in [3.8, 4) is 11.5 Å². The van der Waals surface area contributed by atoms with E-state index in [9.17, 15) is 50.6 Å². The Morgan fingerprint density at radius 3 is 1.46 bits per heavy atom. The van der Waals surface area contributed by atoms with E-state index < -0.39 is 75.2 Å². The number of aliphatic carboxylic acids is 1. The van der Waals surface area contributed by atoms with Crippen molar-refractivity contribution in [2.24, 2.45) is 0 Å². The van der Waals surface area contributed by atoms with E-state index in [0.29, 0.717) is 55.8 Å². The summed E-state index contributed by atoms with van der Waals surface area (Å²) in [5.74, 6) is -3.12. The van der Waals surface area contributed by atoms with Gasteiger partial charge in [0.25, 0.3) is 0 Å². The van der Waals surface area contributed by atoms with Gasteiger partial charge in [0.2, 0.25) is 0 Å². The van der Waals surface area contributed by atoms with E-state index in [1.165, 1.54) is 58.0 Å². The number of carboxylic acids is 1. The number of esters is 1. The Bertz CT molecular complexity index is 3100. The molecule has 6 rings (SSSR count). The van der Waals surface area contributed by atoms with Crippen LogP contribution in [0.25, 0.3) is 34.0 Å².